The third kappa shape index (κ3) is 1.48. The van der Waals surface area contributed by atoms with Crippen molar-refractivity contribution in [1.29, 1.82) is 0 Å². The summed E-state index contributed by atoms with van der Waals surface area (Å²) in [5, 5.41) is 13.7. The van der Waals surface area contributed by atoms with Crippen molar-refractivity contribution in [2.24, 2.45) is 0 Å². The molecule has 0 aliphatic heterocycles. The molecule has 70 valence electrons. The van der Waals surface area contributed by atoms with Gasteiger partial charge < -0.3 is 9.26 Å². The van der Waals surface area contributed by atoms with E-state index in [1.165, 1.54) is 6.92 Å². The van der Waals surface area contributed by atoms with Crippen LogP contribution in [0, 0.1) is 17.0 Å². The highest BCUT2D eigenvalue weighted by Crippen LogP contribution is 2.22. The van der Waals surface area contributed by atoms with Crippen LogP contribution in [-0.4, -0.2) is 23.2 Å². The summed E-state index contributed by atoms with van der Waals surface area (Å²) in [6, 6.07) is 0. The highest BCUT2D eigenvalue weighted by atomic mass is 16.6. The van der Waals surface area contributed by atoms with Crippen molar-refractivity contribution >= 4 is 11.7 Å². The number of hydrogen-bond acceptors (Lipinski definition) is 6. The van der Waals surface area contributed by atoms with E-state index in [1.54, 1.807) is 0 Å². The first-order valence-corrected chi connectivity index (χ1v) is 3.27. The maximum absolute atomic E-state index is 10.9. The Bertz CT molecular complexity index is 356. The minimum absolute atomic E-state index is 0.0467. The zero-order valence-corrected chi connectivity index (χ0v) is 6.94. The minimum atomic E-state index is -0.910. The van der Waals surface area contributed by atoms with Crippen LogP contribution in [0.5, 0.6) is 0 Å². The Balaban J connectivity index is 3.22. The van der Waals surface area contributed by atoms with E-state index in [4.69, 9.17) is 0 Å². The number of aryl methyl sites for hydroxylation is 1. The number of methoxy groups -OCH3 is 1. The summed E-state index contributed by atoms with van der Waals surface area (Å²) in [7, 11) is 1.10. The first kappa shape index (κ1) is 9.17. The Kier molecular flexibility index (Phi) is 2.27. The average molecular weight is 186 g/mol. The smallest absolute Gasteiger partial charge is 0.384 e. The molecule has 0 spiro atoms. The van der Waals surface area contributed by atoms with Gasteiger partial charge in [0.25, 0.3) is 0 Å². The summed E-state index contributed by atoms with van der Waals surface area (Å²) >= 11 is 0. The minimum Gasteiger partial charge on any atom is -0.463 e. The lowest BCUT2D eigenvalue weighted by Gasteiger charge is -1.91. The molecule has 0 unspecified atom stereocenters. The Labute approximate surface area is 72.4 Å². The van der Waals surface area contributed by atoms with Crippen LogP contribution >= 0.6 is 0 Å². The predicted molar refractivity (Wildman–Crippen MR) is 39.2 cm³/mol. The molecule has 0 amide bonds. The molecule has 0 N–H and O–H groups in total. The summed E-state index contributed by atoms with van der Waals surface area (Å²) in [6.07, 6.45) is 0. The molecule has 0 bridgehead atoms. The van der Waals surface area contributed by atoms with Crippen LogP contribution in [-0.2, 0) is 4.74 Å². The molecule has 13 heavy (non-hydrogen) atoms. The van der Waals surface area contributed by atoms with E-state index in [0.29, 0.717) is 0 Å². The van der Waals surface area contributed by atoms with E-state index in [9.17, 15) is 14.9 Å². The summed E-state index contributed by atoms with van der Waals surface area (Å²) in [5.41, 5.74) is -0.405. The summed E-state index contributed by atoms with van der Waals surface area (Å²) in [6.45, 7) is 1.37. The average Bonchev–Trinajstić information content (AvgIpc) is 2.45. The first-order chi connectivity index (χ1) is 6.07. The van der Waals surface area contributed by atoms with Crippen LogP contribution in [0.4, 0.5) is 5.69 Å². The number of esters is 1. The summed E-state index contributed by atoms with van der Waals surface area (Å²) < 4.78 is 8.71. The second kappa shape index (κ2) is 3.21. The van der Waals surface area contributed by atoms with Gasteiger partial charge in [0.1, 0.15) is 0 Å². The van der Waals surface area contributed by atoms with Crippen LogP contribution in [0.3, 0.4) is 0 Å². The van der Waals surface area contributed by atoms with Gasteiger partial charge in [0.05, 0.1) is 12.0 Å². The van der Waals surface area contributed by atoms with Gasteiger partial charge in [-0.3, -0.25) is 10.1 Å². The van der Waals surface area contributed by atoms with Gasteiger partial charge in [0, 0.05) is 0 Å². The van der Waals surface area contributed by atoms with Gasteiger partial charge in [-0.15, -0.1) is 0 Å². The van der Waals surface area contributed by atoms with Crippen molar-refractivity contribution in [1.82, 2.24) is 5.16 Å². The Morgan fingerprint density at radius 1 is 1.69 bits per heavy atom. The first-order valence-electron chi connectivity index (χ1n) is 3.27. The van der Waals surface area contributed by atoms with Gasteiger partial charge in [0.15, 0.2) is 5.69 Å². The SMILES string of the molecule is COC(=O)c1onc(C)c1[N+](=O)[O-]. The quantitative estimate of drug-likeness (QED) is 0.382. The van der Waals surface area contributed by atoms with Crippen molar-refractivity contribution in [3.63, 3.8) is 0 Å². The highest BCUT2D eigenvalue weighted by Gasteiger charge is 2.30. The van der Waals surface area contributed by atoms with Crippen molar-refractivity contribution in [2.75, 3.05) is 7.11 Å². The lowest BCUT2D eigenvalue weighted by molar-refractivity contribution is -0.386. The Hall–Kier alpha value is -1.92. The zero-order chi connectivity index (χ0) is 10.0. The number of rotatable bonds is 2. The second-order valence-electron chi connectivity index (χ2n) is 2.19. The van der Waals surface area contributed by atoms with Gasteiger partial charge in [-0.2, -0.15) is 0 Å². The molecule has 0 aliphatic carbocycles. The molecule has 0 aliphatic rings. The third-order valence-corrected chi connectivity index (χ3v) is 1.39. The molecule has 1 rings (SSSR count). The van der Waals surface area contributed by atoms with E-state index in [0.717, 1.165) is 7.11 Å². The summed E-state index contributed by atoms with van der Waals surface area (Å²) in [4.78, 5) is 20.6. The van der Waals surface area contributed by atoms with Crippen LogP contribution < -0.4 is 0 Å². The maximum Gasteiger partial charge on any atom is 0.384 e. The number of ether oxygens (including phenoxy) is 1. The van der Waals surface area contributed by atoms with Gasteiger partial charge >= 0.3 is 17.4 Å². The normalized spacial score (nSPS) is 9.69. The number of hydrogen-bond donors (Lipinski definition) is 0. The largest absolute Gasteiger partial charge is 0.463 e. The third-order valence-electron chi connectivity index (χ3n) is 1.39. The fourth-order valence-electron chi connectivity index (χ4n) is 0.807. The molecular formula is C6H6N2O5. The van der Waals surface area contributed by atoms with E-state index in [-0.39, 0.29) is 5.69 Å². The fourth-order valence-corrected chi connectivity index (χ4v) is 0.807. The lowest BCUT2D eigenvalue weighted by Crippen LogP contribution is -2.03. The van der Waals surface area contributed by atoms with Gasteiger partial charge in [-0.25, -0.2) is 4.79 Å². The highest BCUT2D eigenvalue weighted by molar-refractivity contribution is 5.90. The number of nitrogens with zero attached hydrogens (tertiary/aromatic N) is 2. The van der Waals surface area contributed by atoms with Gasteiger partial charge in [-0.1, -0.05) is 5.16 Å². The zero-order valence-electron chi connectivity index (χ0n) is 6.94. The number of aromatic nitrogens is 1. The molecule has 1 aromatic heterocycles. The molecular weight excluding hydrogens is 180 g/mol. The van der Waals surface area contributed by atoms with Crippen LogP contribution in [0.2, 0.25) is 0 Å². The van der Waals surface area contributed by atoms with Crippen molar-refractivity contribution in [3.05, 3.63) is 21.6 Å². The summed E-state index contributed by atoms with van der Waals surface area (Å²) in [5.74, 6) is -1.39. The van der Waals surface area contributed by atoms with Crippen LogP contribution in [0.15, 0.2) is 4.52 Å². The molecule has 0 saturated heterocycles. The van der Waals surface area contributed by atoms with E-state index in [2.05, 4.69) is 14.4 Å². The topological polar surface area (TPSA) is 95.5 Å². The molecule has 7 nitrogen and oxygen atoms in total. The molecule has 0 fully saturated rings. The standard InChI is InChI=1S/C6H6N2O5/c1-3-4(8(10)11)5(13-7-3)6(9)12-2/h1-2H3. The predicted octanol–water partition coefficient (Wildman–Crippen LogP) is 0.678. The Morgan fingerprint density at radius 2 is 2.31 bits per heavy atom. The van der Waals surface area contributed by atoms with E-state index < -0.39 is 22.3 Å². The molecule has 0 atom stereocenters. The number of carbonyl (C=O) groups is 1. The number of carbonyl (C=O) groups excluding carboxylic acids is 1. The molecule has 1 heterocycles. The van der Waals surface area contributed by atoms with Gasteiger partial charge in [-0.05, 0) is 6.92 Å². The van der Waals surface area contributed by atoms with Crippen molar-refractivity contribution < 1.29 is 19.0 Å². The Morgan fingerprint density at radius 3 is 2.77 bits per heavy atom. The van der Waals surface area contributed by atoms with Crippen molar-refractivity contribution in [2.45, 2.75) is 6.92 Å². The molecule has 0 saturated carbocycles. The van der Waals surface area contributed by atoms with E-state index in [1.807, 2.05) is 0 Å². The molecule has 7 heteroatoms. The van der Waals surface area contributed by atoms with Crippen molar-refractivity contribution in [3.8, 4) is 0 Å². The number of nitro groups is 1. The van der Waals surface area contributed by atoms with Gasteiger partial charge in [0.2, 0.25) is 0 Å². The monoisotopic (exact) mass is 186 g/mol. The maximum atomic E-state index is 10.9. The lowest BCUT2D eigenvalue weighted by atomic mass is 10.3. The fraction of sp³-hybridized carbons (Fsp3) is 0.333. The second-order valence-corrected chi connectivity index (χ2v) is 2.19. The molecule has 0 radical (unpaired) electrons. The van der Waals surface area contributed by atoms with Crippen LogP contribution in [0.25, 0.3) is 0 Å². The molecule has 0 aromatic carbocycles. The molecule has 1 aromatic rings. The van der Waals surface area contributed by atoms with E-state index >= 15 is 0 Å². The van der Waals surface area contributed by atoms with Crippen LogP contribution in [0.1, 0.15) is 16.2 Å².